The Hall–Kier alpha value is -1.26. The number of nitrogens with zero attached hydrogens (tertiary/aromatic N) is 1. The maximum atomic E-state index is 6.16. The minimum atomic E-state index is 0. The summed E-state index contributed by atoms with van der Waals surface area (Å²) in [5.74, 6) is 0.891. The van der Waals surface area contributed by atoms with E-state index in [1.807, 2.05) is 36.4 Å². The van der Waals surface area contributed by atoms with E-state index in [2.05, 4.69) is 17.0 Å². The van der Waals surface area contributed by atoms with Gasteiger partial charge in [-0.3, -0.25) is 4.90 Å². The summed E-state index contributed by atoms with van der Waals surface area (Å²) in [6, 6.07) is 16.0. The van der Waals surface area contributed by atoms with E-state index in [1.165, 1.54) is 0 Å². The summed E-state index contributed by atoms with van der Waals surface area (Å²) in [7, 11) is 0. The minimum absolute atomic E-state index is 0. The van der Waals surface area contributed by atoms with Crippen molar-refractivity contribution in [2.75, 3.05) is 39.5 Å². The monoisotopic (exact) mass is 367 g/mol. The Balaban J connectivity index is 0.00000208. The van der Waals surface area contributed by atoms with Crippen LogP contribution in [0.4, 0.5) is 0 Å². The zero-order valence-corrected chi connectivity index (χ0v) is 15.2. The lowest BCUT2D eigenvalue weighted by Gasteiger charge is -2.26. The molecule has 1 aliphatic heterocycles. The summed E-state index contributed by atoms with van der Waals surface area (Å²) in [4.78, 5) is 2.42. The fraction of sp³-hybridized carbons (Fsp3) is 0.368. The van der Waals surface area contributed by atoms with Gasteiger partial charge in [0.05, 0.1) is 19.8 Å². The van der Waals surface area contributed by atoms with E-state index in [-0.39, 0.29) is 12.4 Å². The van der Waals surface area contributed by atoms with Crippen LogP contribution in [0.5, 0.6) is 5.75 Å². The largest absolute Gasteiger partial charge is 0.493 e. The Morgan fingerprint density at radius 2 is 1.79 bits per heavy atom. The van der Waals surface area contributed by atoms with Gasteiger partial charge in [-0.05, 0) is 30.2 Å². The molecule has 130 valence electrons. The fourth-order valence-electron chi connectivity index (χ4n) is 2.77. The second-order valence-electron chi connectivity index (χ2n) is 5.66. The van der Waals surface area contributed by atoms with Gasteiger partial charge in [0, 0.05) is 30.2 Å². The number of halogens is 2. The average molecular weight is 368 g/mol. The molecule has 0 atom stereocenters. The SMILES string of the molecule is Cl.Clc1ccc(OCCCN2CCOCC2)c(-c2ccccc2)c1. The lowest BCUT2D eigenvalue weighted by molar-refractivity contribution is 0.0358. The van der Waals surface area contributed by atoms with Gasteiger partial charge in [0.2, 0.25) is 0 Å². The zero-order valence-electron chi connectivity index (χ0n) is 13.6. The molecule has 0 spiro atoms. The van der Waals surface area contributed by atoms with Crippen LogP contribution in [0.2, 0.25) is 5.02 Å². The van der Waals surface area contributed by atoms with Crippen LogP contribution in [-0.4, -0.2) is 44.4 Å². The zero-order chi connectivity index (χ0) is 15.9. The molecule has 1 saturated heterocycles. The summed E-state index contributed by atoms with van der Waals surface area (Å²) < 4.78 is 11.4. The van der Waals surface area contributed by atoms with Gasteiger partial charge in [0.25, 0.3) is 0 Å². The molecule has 0 aliphatic carbocycles. The van der Waals surface area contributed by atoms with Gasteiger partial charge in [0.15, 0.2) is 0 Å². The van der Waals surface area contributed by atoms with E-state index in [0.717, 1.165) is 61.2 Å². The highest BCUT2D eigenvalue weighted by molar-refractivity contribution is 6.31. The number of hydrogen-bond acceptors (Lipinski definition) is 3. The second-order valence-corrected chi connectivity index (χ2v) is 6.10. The molecule has 1 fully saturated rings. The number of ether oxygens (including phenoxy) is 2. The van der Waals surface area contributed by atoms with E-state index in [9.17, 15) is 0 Å². The van der Waals surface area contributed by atoms with Crippen LogP contribution in [-0.2, 0) is 4.74 Å². The maximum absolute atomic E-state index is 6.16. The topological polar surface area (TPSA) is 21.7 Å². The third-order valence-corrected chi connectivity index (χ3v) is 4.24. The Morgan fingerprint density at radius 1 is 1.04 bits per heavy atom. The van der Waals surface area contributed by atoms with Gasteiger partial charge in [-0.25, -0.2) is 0 Å². The van der Waals surface area contributed by atoms with Crippen molar-refractivity contribution in [2.24, 2.45) is 0 Å². The smallest absolute Gasteiger partial charge is 0.127 e. The molecule has 5 heteroatoms. The van der Waals surface area contributed by atoms with Gasteiger partial charge in [-0.15, -0.1) is 12.4 Å². The number of rotatable bonds is 6. The van der Waals surface area contributed by atoms with Crippen molar-refractivity contribution >= 4 is 24.0 Å². The second kappa shape index (κ2) is 9.90. The van der Waals surface area contributed by atoms with Crippen molar-refractivity contribution in [3.63, 3.8) is 0 Å². The number of morpholine rings is 1. The lowest BCUT2D eigenvalue weighted by atomic mass is 10.0. The summed E-state index contributed by atoms with van der Waals surface area (Å²) in [5, 5.41) is 0.726. The van der Waals surface area contributed by atoms with Crippen LogP contribution >= 0.6 is 24.0 Å². The van der Waals surface area contributed by atoms with Crippen LogP contribution in [0.1, 0.15) is 6.42 Å². The van der Waals surface area contributed by atoms with Crippen LogP contribution in [0, 0.1) is 0 Å². The molecule has 0 unspecified atom stereocenters. The van der Waals surface area contributed by atoms with Crippen molar-refractivity contribution in [1.29, 1.82) is 0 Å². The molecule has 0 saturated carbocycles. The molecule has 2 aromatic rings. The Bertz CT molecular complexity index is 616. The quantitative estimate of drug-likeness (QED) is 0.700. The first-order valence-corrected chi connectivity index (χ1v) is 8.48. The van der Waals surface area contributed by atoms with Crippen LogP contribution < -0.4 is 4.74 Å². The van der Waals surface area contributed by atoms with Crippen LogP contribution in [0.15, 0.2) is 48.5 Å². The molecule has 0 N–H and O–H groups in total. The van der Waals surface area contributed by atoms with Crippen LogP contribution in [0.3, 0.4) is 0 Å². The molecule has 0 amide bonds. The molecule has 2 aromatic carbocycles. The highest BCUT2D eigenvalue weighted by Gasteiger charge is 2.10. The Labute approximate surface area is 154 Å². The van der Waals surface area contributed by atoms with E-state index < -0.39 is 0 Å². The molecule has 24 heavy (non-hydrogen) atoms. The first-order chi connectivity index (χ1) is 11.3. The molecule has 1 aliphatic rings. The highest BCUT2D eigenvalue weighted by Crippen LogP contribution is 2.32. The Kier molecular flexibility index (Phi) is 7.86. The molecular formula is C19H23Cl2NO2. The Morgan fingerprint density at radius 3 is 2.54 bits per heavy atom. The molecular weight excluding hydrogens is 345 g/mol. The molecule has 1 heterocycles. The van der Waals surface area contributed by atoms with E-state index in [1.54, 1.807) is 0 Å². The van der Waals surface area contributed by atoms with Gasteiger partial charge in [-0.1, -0.05) is 41.9 Å². The summed E-state index contributed by atoms with van der Waals surface area (Å²) >= 11 is 6.16. The number of benzene rings is 2. The summed E-state index contributed by atoms with van der Waals surface area (Å²) in [6.45, 7) is 5.50. The van der Waals surface area contributed by atoms with Crippen molar-refractivity contribution in [3.8, 4) is 16.9 Å². The highest BCUT2D eigenvalue weighted by atomic mass is 35.5. The minimum Gasteiger partial charge on any atom is -0.493 e. The number of hydrogen-bond donors (Lipinski definition) is 0. The van der Waals surface area contributed by atoms with Gasteiger partial charge < -0.3 is 9.47 Å². The lowest BCUT2D eigenvalue weighted by Crippen LogP contribution is -2.37. The standard InChI is InChI=1S/C19H22ClNO2.ClH/c20-17-7-8-19(18(15-17)16-5-2-1-3-6-16)23-12-4-9-21-10-13-22-14-11-21;/h1-3,5-8,15H,4,9-14H2;1H. The normalized spacial score (nSPS) is 14.9. The fourth-order valence-corrected chi connectivity index (χ4v) is 2.94. The van der Waals surface area contributed by atoms with E-state index >= 15 is 0 Å². The maximum Gasteiger partial charge on any atom is 0.127 e. The van der Waals surface area contributed by atoms with Crippen molar-refractivity contribution in [2.45, 2.75) is 6.42 Å². The van der Waals surface area contributed by atoms with Crippen molar-refractivity contribution in [3.05, 3.63) is 53.6 Å². The predicted molar refractivity (Wildman–Crippen MR) is 102 cm³/mol. The molecule has 0 radical (unpaired) electrons. The van der Waals surface area contributed by atoms with Gasteiger partial charge in [-0.2, -0.15) is 0 Å². The van der Waals surface area contributed by atoms with E-state index in [0.29, 0.717) is 6.61 Å². The molecule has 3 nitrogen and oxygen atoms in total. The third kappa shape index (κ3) is 5.38. The molecule has 0 bridgehead atoms. The van der Waals surface area contributed by atoms with E-state index in [4.69, 9.17) is 21.1 Å². The summed E-state index contributed by atoms with van der Waals surface area (Å²) in [6.07, 6.45) is 1.01. The van der Waals surface area contributed by atoms with Crippen LogP contribution in [0.25, 0.3) is 11.1 Å². The predicted octanol–water partition coefficient (Wildman–Crippen LogP) is 4.53. The van der Waals surface area contributed by atoms with Gasteiger partial charge in [0.1, 0.15) is 5.75 Å². The molecule has 0 aromatic heterocycles. The first-order valence-electron chi connectivity index (χ1n) is 8.11. The summed E-state index contributed by atoms with van der Waals surface area (Å²) in [5.41, 5.74) is 2.17. The van der Waals surface area contributed by atoms with Crippen molar-refractivity contribution < 1.29 is 9.47 Å². The average Bonchev–Trinajstić information content (AvgIpc) is 2.61. The first kappa shape index (κ1) is 19.1. The molecule has 3 rings (SSSR count). The van der Waals surface area contributed by atoms with Crippen molar-refractivity contribution in [1.82, 2.24) is 4.90 Å². The third-order valence-electron chi connectivity index (χ3n) is 4.01. The van der Waals surface area contributed by atoms with Gasteiger partial charge >= 0.3 is 0 Å².